The van der Waals surface area contributed by atoms with Gasteiger partial charge in [0, 0.05) is 46.6 Å². The Hall–Kier alpha value is -2.13. The molecule has 0 saturated carbocycles. The quantitative estimate of drug-likeness (QED) is 0.289. The summed E-state index contributed by atoms with van der Waals surface area (Å²) in [6, 6.07) is 25.0. The average Bonchev–Trinajstić information content (AvgIpc) is 2.90. The molecule has 3 aromatic carbocycles. The smallest absolute Gasteiger partial charge is 0.242 e. The highest BCUT2D eigenvalue weighted by Gasteiger charge is 2.29. The van der Waals surface area contributed by atoms with Crippen molar-refractivity contribution in [3.63, 3.8) is 0 Å². The molecule has 2 heterocycles. The van der Waals surface area contributed by atoms with Gasteiger partial charge in [-0.1, -0.05) is 66.1 Å². The second-order valence-corrected chi connectivity index (χ2v) is 11.6. The lowest BCUT2D eigenvalue weighted by molar-refractivity contribution is -0.115. The van der Waals surface area contributed by atoms with Crippen molar-refractivity contribution in [2.75, 3.05) is 48.0 Å². The average molecular weight is 524 g/mol. The van der Waals surface area contributed by atoms with E-state index in [4.69, 9.17) is 12.2 Å². The molecule has 2 aliphatic rings. The maximum Gasteiger partial charge on any atom is 0.242 e. The van der Waals surface area contributed by atoms with E-state index in [1.165, 1.54) is 17.4 Å². The summed E-state index contributed by atoms with van der Waals surface area (Å²) in [6.45, 7) is 3.61. The van der Waals surface area contributed by atoms with E-state index in [9.17, 15) is 4.79 Å². The highest BCUT2D eigenvalue weighted by molar-refractivity contribution is 8.23. The van der Waals surface area contributed by atoms with Gasteiger partial charge in [-0.05, 0) is 48.7 Å². The molecule has 0 N–H and O–H groups in total. The van der Waals surface area contributed by atoms with Gasteiger partial charge in [-0.15, -0.1) is 11.8 Å². The zero-order chi connectivity index (χ0) is 23.5. The summed E-state index contributed by atoms with van der Waals surface area (Å²) in [6.07, 6.45) is 2.06. The van der Waals surface area contributed by atoms with E-state index in [0.29, 0.717) is 5.75 Å². The Morgan fingerprint density at radius 2 is 1.62 bits per heavy atom. The SMILES string of the molecule is CSc1ccc2c(c1)N(C(=O)CSC(=S)N1CCN(c3ccccc3)CC1)c1ccccc1S2. The highest BCUT2D eigenvalue weighted by Crippen LogP contribution is 2.49. The molecular weight excluding hydrogens is 499 g/mol. The summed E-state index contributed by atoms with van der Waals surface area (Å²) in [5.41, 5.74) is 3.16. The second kappa shape index (κ2) is 10.6. The number of anilines is 3. The molecule has 2 aliphatic heterocycles. The van der Waals surface area contributed by atoms with Crippen LogP contribution in [0.15, 0.2) is 87.5 Å². The number of hydrogen-bond donors (Lipinski definition) is 0. The molecule has 4 nitrogen and oxygen atoms in total. The van der Waals surface area contributed by atoms with Crippen molar-refractivity contribution in [1.82, 2.24) is 4.90 Å². The summed E-state index contributed by atoms with van der Waals surface area (Å²) >= 11 is 10.6. The number of thiocarbonyl (C=S) groups is 1. The molecular formula is C26H25N3OS4. The van der Waals surface area contributed by atoms with Gasteiger partial charge in [0.05, 0.1) is 17.1 Å². The number of benzene rings is 3. The third-order valence-corrected chi connectivity index (χ3v) is 9.32. The van der Waals surface area contributed by atoms with E-state index in [0.717, 1.165) is 56.6 Å². The Bertz CT molecular complexity index is 1200. The molecule has 174 valence electrons. The van der Waals surface area contributed by atoms with Crippen LogP contribution in [0.2, 0.25) is 0 Å². The van der Waals surface area contributed by atoms with E-state index in [1.807, 2.05) is 29.2 Å². The van der Waals surface area contributed by atoms with Crippen molar-refractivity contribution >= 4 is 74.8 Å². The number of hydrogen-bond acceptors (Lipinski definition) is 6. The van der Waals surface area contributed by atoms with Crippen LogP contribution in [-0.2, 0) is 4.79 Å². The van der Waals surface area contributed by atoms with Crippen molar-refractivity contribution in [2.45, 2.75) is 14.7 Å². The van der Waals surface area contributed by atoms with Gasteiger partial charge >= 0.3 is 0 Å². The molecule has 0 atom stereocenters. The van der Waals surface area contributed by atoms with Crippen LogP contribution < -0.4 is 9.80 Å². The number of fused-ring (bicyclic) bond motifs is 2. The molecule has 0 aromatic heterocycles. The van der Waals surface area contributed by atoms with Gasteiger partial charge in [0.25, 0.3) is 0 Å². The van der Waals surface area contributed by atoms with Gasteiger partial charge in [0.1, 0.15) is 4.32 Å². The number of piperazine rings is 1. The number of rotatable bonds is 4. The molecule has 8 heteroatoms. The third-order valence-electron chi connectivity index (χ3n) is 5.96. The van der Waals surface area contributed by atoms with E-state index in [-0.39, 0.29) is 5.91 Å². The molecule has 5 rings (SSSR count). The summed E-state index contributed by atoms with van der Waals surface area (Å²) < 4.78 is 0.804. The van der Waals surface area contributed by atoms with Crippen molar-refractivity contribution in [3.8, 4) is 0 Å². The first kappa shape index (κ1) is 23.6. The number of carbonyl (C=O) groups excluding carboxylic acids is 1. The van der Waals surface area contributed by atoms with Crippen LogP contribution in [0.4, 0.5) is 17.1 Å². The fourth-order valence-corrected chi connectivity index (χ4v) is 6.77. The lowest BCUT2D eigenvalue weighted by Gasteiger charge is -2.37. The highest BCUT2D eigenvalue weighted by atomic mass is 32.2. The lowest BCUT2D eigenvalue weighted by atomic mass is 10.2. The second-order valence-electron chi connectivity index (χ2n) is 8.00. The maximum absolute atomic E-state index is 13.6. The molecule has 0 radical (unpaired) electrons. The van der Waals surface area contributed by atoms with E-state index < -0.39 is 0 Å². The molecule has 0 unspecified atom stereocenters. The Morgan fingerprint density at radius 1 is 0.912 bits per heavy atom. The molecule has 1 fully saturated rings. The number of amides is 1. The summed E-state index contributed by atoms with van der Waals surface area (Å²) in [5, 5.41) is 0. The lowest BCUT2D eigenvalue weighted by Crippen LogP contribution is -2.47. The van der Waals surface area contributed by atoms with Gasteiger partial charge < -0.3 is 9.80 Å². The van der Waals surface area contributed by atoms with Crippen LogP contribution >= 0.6 is 47.5 Å². The predicted octanol–water partition coefficient (Wildman–Crippen LogP) is 6.38. The minimum Gasteiger partial charge on any atom is -0.368 e. The standard InChI is InChI=1S/C26H25N3OS4/c1-32-20-11-12-24-22(17-20)29(21-9-5-6-10-23(21)34-24)25(30)18-33-26(31)28-15-13-27(14-16-28)19-7-3-2-4-8-19/h2-12,17H,13-16,18H2,1H3. The normalized spacial score (nSPS) is 15.0. The van der Waals surface area contributed by atoms with Gasteiger partial charge in [0.15, 0.2) is 0 Å². The van der Waals surface area contributed by atoms with Gasteiger partial charge in [-0.3, -0.25) is 9.69 Å². The number of thioether (sulfide) groups is 2. The first-order valence-electron chi connectivity index (χ1n) is 11.1. The van der Waals surface area contributed by atoms with E-state index in [1.54, 1.807) is 23.5 Å². The van der Waals surface area contributed by atoms with Crippen LogP contribution in [0.5, 0.6) is 0 Å². The number of para-hydroxylation sites is 2. The fraction of sp³-hybridized carbons (Fsp3) is 0.231. The molecule has 1 saturated heterocycles. The topological polar surface area (TPSA) is 26.8 Å². The summed E-state index contributed by atoms with van der Waals surface area (Å²) in [7, 11) is 0. The third kappa shape index (κ3) is 4.96. The zero-order valence-corrected chi connectivity index (χ0v) is 22.1. The minimum atomic E-state index is 0.0579. The van der Waals surface area contributed by atoms with Crippen molar-refractivity contribution in [1.29, 1.82) is 0 Å². The van der Waals surface area contributed by atoms with E-state index in [2.05, 4.69) is 64.6 Å². The van der Waals surface area contributed by atoms with Crippen LogP contribution in [0.25, 0.3) is 0 Å². The van der Waals surface area contributed by atoms with Gasteiger partial charge in [-0.25, -0.2) is 0 Å². The fourth-order valence-electron chi connectivity index (χ4n) is 4.20. The van der Waals surface area contributed by atoms with E-state index >= 15 is 0 Å². The minimum absolute atomic E-state index is 0.0579. The Labute approximate surface area is 219 Å². The Balaban J connectivity index is 1.26. The Morgan fingerprint density at radius 3 is 2.38 bits per heavy atom. The molecule has 0 bridgehead atoms. The molecule has 3 aromatic rings. The molecule has 34 heavy (non-hydrogen) atoms. The first-order valence-corrected chi connectivity index (χ1v) is 14.6. The van der Waals surface area contributed by atoms with Crippen LogP contribution in [0.3, 0.4) is 0 Å². The van der Waals surface area contributed by atoms with Crippen LogP contribution in [0.1, 0.15) is 0 Å². The summed E-state index contributed by atoms with van der Waals surface area (Å²) in [4.78, 5) is 23.4. The largest absolute Gasteiger partial charge is 0.368 e. The van der Waals surface area contributed by atoms with Crippen molar-refractivity contribution in [2.24, 2.45) is 0 Å². The number of carbonyl (C=O) groups is 1. The monoisotopic (exact) mass is 523 g/mol. The number of nitrogens with zero attached hydrogens (tertiary/aromatic N) is 3. The van der Waals surface area contributed by atoms with Crippen LogP contribution in [0, 0.1) is 0 Å². The van der Waals surface area contributed by atoms with Gasteiger partial charge in [-0.2, -0.15) is 0 Å². The predicted molar refractivity (Wildman–Crippen MR) is 151 cm³/mol. The maximum atomic E-state index is 13.6. The summed E-state index contributed by atoms with van der Waals surface area (Å²) in [5.74, 6) is 0.377. The molecule has 1 amide bonds. The molecule has 0 aliphatic carbocycles. The van der Waals surface area contributed by atoms with Gasteiger partial charge in [0.2, 0.25) is 5.91 Å². The first-order chi connectivity index (χ1) is 16.6. The van der Waals surface area contributed by atoms with Crippen LogP contribution in [-0.4, -0.2) is 53.3 Å². The van der Waals surface area contributed by atoms with Crippen molar-refractivity contribution in [3.05, 3.63) is 72.8 Å². The zero-order valence-electron chi connectivity index (χ0n) is 18.8. The molecule has 0 spiro atoms. The Kier molecular flexibility index (Phi) is 7.39. The van der Waals surface area contributed by atoms with Crippen molar-refractivity contribution < 1.29 is 4.79 Å².